The molecule has 0 aliphatic heterocycles. The fraction of sp³-hybridized carbons (Fsp3) is 0. The van der Waals surface area contributed by atoms with Crippen LogP contribution in [0.25, 0.3) is 16.8 Å². The van der Waals surface area contributed by atoms with Gasteiger partial charge in [-0.3, -0.25) is 0 Å². The Hall–Kier alpha value is -1.87. The van der Waals surface area contributed by atoms with E-state index in [2.05, 4.69) is 10.3 Å². The molecule has 2 aromatic heterocycles. The van der Waals surface area contributed by atoms with Crippen molar-refractivity contribution in [1.82, 2.24) is 14.8 Å². The van der Waals surface area contributed by atoms with Crippen LogP contribution < -0.4 is 0 Å². The SMILES string of the molecule is Clc1ccc(-c2nnn3ccccc23)cc1. The first-order valence-corrected chi connectivity index (χ1v) is 5.28. The lowest BCUT2D eigenvalue weighted by molar-refractivity contribution is 0.857. The predicted octanol–water partition coefficient (Wildman–Crippen LogP) is 3.05. The third kappa shape index (κ3) is 1.46. The number of rotatable bonds is 1. The normalized spacial score (nSPS) is 10.8. The molecule has 0 fully saturated rings. The van der Waals surface area contributed by atoms with Gasteiger partial charge in [-0.15, -0.1) is 5.10 Å². The lowest BCUT2D eigenvalue weighted by Gasteiger charge is -1.97. The molecule has 0 N–H and O–H groups in total. The summed E-state index contributed by atoms with van der Waals surface area (Å²) in [7, 11) is 0. The average Bonchev–Trinajstić information content (AvgIpc) is 2.74. The topological polar surface area (TPSA) is 30.2 Å². The van der Waals surface area contributed by atoms with E-state index in [0.717, 1.165) is 21.8 Å². The largest absolute Gasteiger partial charge is 0.220 e. The van der Waals surface area contributed by atoms with Crippen molar-refractivity contribution in [3.05, 3.63) is 53.7 Å². The summed E-state index contributed by atoms with van der Waals surface area (Å²) in [5, 5.41) is 8.94. The number of hydrogen-bond acceptors (Lipinski definition) is 2. The number of pyridine rings is 1. The Labute approximate surface area is 97.3 Å². The number of halogens is 1. The minimum atomic E-state index is 0.722. The van der Waals surface area contributed by atoms with Crippen molar-refractivity contribution < 1.29 is 0 Å². The molecule has 78 valence electrons. The molecule has 0 radical (unpaired) electrons. The summed E-state index contributed by atoms with van der Waals surface area (Å²) in [5.74, 6) is 0. The van der Waals surface area contributed by atoms with Crippen LogP contribution in [0.1, 0.15) is 0 Å². The standard InChI is InChI=1S/C12H8ClN3/c13-10-6-4-9(5-7-10)12-11-3-1-2-8-16(11)15-14-12/h1-8H. The molecular formula is C12H8ClN3. The molecule has 0 aliphatic carbocycles. The number of nitrogens with zero attached hydrogens (tertiary/aromatic N) is 3. The molecule has 0 spiro atoms. The van der Waals surface area contributed by atoms with Crippen molar-refractivity contribution in [2.45, 2.75) is 0 Å². The van der Waals surface area contributed by atoms with Crippen molar-refractivity contribution in [3.8, 4) is 11.3 Å². The minimum Gasteiger partial charge on any atom is -0.220 e. The van der Waals surface area contributed by atoms with E-state index in [0.29, 0.717) is 0 Å². The van der Waals surface area contributed by atoms with Crippen LogP contribution in [0.15, 0.2) is 48.7 Å². The Morgan fingerprint density at radius 2 is 1.81 bits per heavy atom. The van der Waals surface area contributed by atoms with Crippen molar-refractivity contribution in [1.29, 1.82) is 0 Å². The maximum Gasteiger partial charge on any atom is 0.120 e. The Balaban J connectivity index is 2.22. The summed E-state index contributed by atoms with van der Waals surface area (Å²) >= 11 is 5.85. The van der Waals surface area contributed by atoms with Gasteiger partial charge in [-0.2, -0.15) is 0 Å². The highest BCUT2D eigenvalue weighted by Gasteiger charge is 2.07. The van der Waals surface area contributed by atoms with Gasteiger partial charge in [0.1, 0.15) is 5.69 Å². The molecular weight excluding hydrogens is 222 g/mol. The van der Waals surface area contributed by atoms with Crippen molar-refractivity contribution in [2.24, 2.45) is 0 Å². The van der Waals surface area contributed by atoms with Gasteiger partial charge < -0.3 is 0 Å². The second kappa shape index (κ2) is 3.61. The Morgan fingerprint density at radius 1 is 1.00 bits per heavy atom. The van der Waals surface area contributed by atoms with Crippen LogP contribution in [-0.2, 0) is 0 Å². The molecule has 16 heavy (non-hydrogen) atoms. The third-order valence-corrected chi connectivity index (χ3v) is 2.69. The van der Waals surface area contributed by atoms with Crippen LogP contribution >= 0.6 is 11.6 Å². The first-order chi connectivity index (χ1) is 7.84. The van der Waals surface area contributed by atoms with Crippen LogP contribution in [0.2, 0.25) is 5.02 Å². The van der Waals surface area contributed by atoms with Gasteiger partial charge in [0.25, 0.3) is 0 Å². The summed E-state index contributed by atoms with van der Waals surface area (Å²) in [6.07, 6.45) is 1.88. The van der Waals surface area contributed by atoms with Crippen molar-refractivity contribution in [2.75, 3.05) is 0 Å². The van der Waals surface area contributed by atoms with Gasteiger partial charge in [0, 0.05) is 16.8 Å². The van der Waals surface area contributed by atoms with Gasteiger partial charge in [-0.1, -0.05) is 35.0 Å². The lowest BCUT2D eigenvalue weighted by Crippen LogP contribution is -1.83. The predicted molar refractivity (Wildman–Crippen MR) is 63.4 cm³/mol. The number of aromatic nitrogens is 3. The fourth-order valence-electron chi connectivity index (χ4n) is 1.66. The van der Waals surface area contributed by atoms with Crippen LogP contribution in [0.3, 0.4) is 0 Å². The minimum absolute atomic E-state index is 0.722. The quantitative estimate of drug-likeness (QED) is 0.642. The summed E-state index contributed by atoms with van der Waals surface area (Å²) < 4.78 is 1.75. The Morgan fingerprint density at radius 3 is 2.62 bits per heavy atom. The zero-order chi connectivity index (χ0) is 11.0. The van der Waals surface area contributed by atoms with E-state index >= 15 is 0 Å². The smallest absolute Gasteiger partial charge is 0.120 e. The van der Waals surface area contributed by atoms with Gasteiger partial charge in [0.15, 0.2) is 0 Å². The summed E-state index contributed by atoms with van der Waals surface area (Å²) in [4.78, 5) is 0. The van der Waals surface area contributed by atoms with Gasteiger partial charge in [-0.05, 0) is 24.3 Å². The van der Waals surface area contributed by atoms with E-state index in [4.69, 9.17) is 11.6 Å². The van der Waals surface area contributed by atoms with Gasteiger partial charge in [0.05, 0.1) is 5.52 Å². The van der Waals surface area contributed by atoms with Gasteiger partial charge >= 0.3 is 0 Å². The highest BCUT2D eigenvalue weighted by molar-refractivity contribution is 6.30. The molecule has 0 saturated carbocycles. The van der Waals surface area contributed by atoms with Crippen LogP contribution in [0.5, 0.6) is 0 Å². The molecule has 0 atom stereocenters. The molecule has 0 saturated heterocycles. The monoisotopic (exact) mass is 229 g/mol. The maximum atomic E-state index is 5.85. The Kier molecular flexibility index (Phi) is 2.11. The molecule has 3 aromatic rings. The first kappa shape index (κ1) is 9.36. The molecule has 0 amide bonds. The third-order valence-electron chi connectivity index (χ3n) is 2.44. The second-order valence-electron chi connectivity index (χ2n) is 3.48. The average molecular weight is 230 g/mol. The zero-order valence-electron chi connectivity index (χ0n) is 8.34. The maximum absolute atomic E-state index is 5.85. The van der Waals surface area contributed by atoms with E-state index < -0.39 is 0 Å². The van der Waals surface area contributed by atoms with Crippen molar-refractivity contribution in [3.63, 3.8) is 0 Å². The number of fused-ring (bicyclic) bond motifs is 1. The van der Waals surface area contributed by atoms with E-state index in [9.17, 15) is 0 Å². The molecule has 2 heterocycles. The van der Waals surface area contributed by atoms with E-state index in [1.54, 1.807) is 4.52 Å². The molecule has 0 bridgehead atoms. The van der Waals surface area contributed by atoms with E-state index in [1.165, 1.54) is 0 Å². The molecule has 0 aliphatic rings. The van der Waals surface area contributed by atoms with Crippen LogP contribution in [0, 0.1) is 0 Å². The molecule has 0 unspecified atom stereocenters. The number of hydrogen-bond donors (Lipinski definition) is 0. The Bertz CT molecular complexity index is 628. The first-order valence-electron chi connectivity index (χ1n) is 4.90. The highest BCUT2D eigenvalue weighted by atomic mass is 35.5. The van der Waals surface area contributed by atoms with E-state index in [-0.39, 0.29) is 0 Å². The summed E-state index contributed by atoms with van der Waals surface area (Å²) in [6, 6.07) is 13.5. The highest BCUT2D eigenvalue weighted by Crippen LogP contribution is 2.23. The van der Waals surface area contributed by atoms with E-state index in [1.807, 2.05) is 48.7 Å². The summed E-state index contributed by atoms with van der Waals surface area (Å²) in [6.45, 7) is 0. The van der Waals surface area contributed by atoms with Gasteiger partial charge in [0.2, 0.25) is 0 Å². The molecule has 4 heteroatoms. The molecule has 3 nitrogen and oxygen atoms in total. The fourth-order valence-corrected chi connectivity index (χ4v) is 1.78. The van der Waals surface area contributed by atoms with Crippen LogP contribution in [-0.4, -0.2) is 14.8 Å². The van der Waals surface area contributed by atoms with Crippen molar-refractivity contribution >= 4 is 17.1 Å². The zero-order valence-corrected chi connectivity index (χ0v) is 9.09. The van der Waals surface area contributed by atoms with Crippen LogP contribution in [0.4, 0.5) is 0 Å². The number of benzene rings is 1. The summed E-state index contributed by atoms with van der Waals surface area (Å²) in [5.41, 5.74) is 2.88. The lowest BCUT2D eigenvalue weighted by atomic mass is 10.1. The van der Waals surface area contributed by atoms with Gasteiger partial charge in [-0.25, -0.2) is 4.52 Å². The molecule has 1 aromatic carbocycles. The molecule has 3 rings (SSSR count). The second-order valence-corrected chi connectivity index (χ2v) is 3.91.